The molecular weight excluding hydrogens is 424 g/mol. The number of fused-ring (bicyclic) bond motifs is 2. The van der Waals surface area contributed by atoms with Crippen LogP contribution < -0.4 is 10.5 Å². The number of aromatic nitrogens is 4. The number of hydrogen-bond donors (Lipinski definition) is 2. The highest BCUT2D eigenvalue weighted by Gasteiger charge is 2.69. The van der Waals surface area contributed by atoms with Crippen LogP contribution >= 0.6 is 7.82 Å². The summed E-state index contributed by atoms with van der Waals surface area (Å²) in [5.41, 5.74) is 4.15. The summed E-state index contributed by atoms with van der Waals surface area (Å²) in [6.07, 6.45) is -2.27. The molecular formula is C16H23FN5O7P. The van der Waals surface area contributed by atoms with Crippen LogP contribution in [-0.2, 0) is 22.9 Å². The van der Waals surface area contributed by atoms with Gasteiger partial charge in [0, 0.05) is 0 Å². The molecule has 4 heterocycles. The summed E-state index contributed by atoms with van der Waals surface area (Å²) in [4.78, 5) is 12.3. The number of rotatable bonds is 5. The van der Waals surface area contributed by atoms with Crippen molar-refractivity contribution in [2.45, 2.75) is 57.6 Å². The van der Waals surface area contributed by atoms with Gasteiger partial charge in [-0.05, 0) is 27.7 Å². The minimum atomic E-state index is -4.11. The summed E-state index contributed by atoms with van der Waals surface area (Å²) < 4.78 is 55.9. The molecule has 2 saturated heterocycles. The van der Waals surface area contributed by atoms with Crippen molar-refractivity contribution in [3.05, 3.63) is 6.33 Å². The number of alkyl halides is 1. The highest BCUT2D eigenvalue weighted by atomic mass is 31.2. The van der Waals surface area contributed by atoms with E-state index in [0.29, 0.717) is 6.61 Å². The van der Waals surface area contributed by atoms with Crippen molar-refractivity contribution >= 4 is 24.9 Å². The lowest BCUT2D eigenvalue weighted by molar-refractivity contribution is -0.220. The summed E-state index contributed by atoms with van der Waals surface area (Å²) in [6.45, 7) is 5.83. The number of imidazole rings is 1. The molecule has 4 rings (SSSR count). The van der Waals surface area contributed by atoms with E-state index in [4.69, 9.17) is 28.8 Å². The van der Waals surface area contributed by atoms with Gasteiger partial charge in [0.25, 0.3) is 5.85 Å². The van der Waals surface area contributed by atoms with Gasteiger partial charge >= 0.3 is 7.82 Å². The van der Waals surface area contributed by atoms with Gasteiger partial charge in [-0.1, -0.05) is 0 Å². The Hall–Kier alpha value is -1.89. The van der Waals surface area contributed by atoms with E-state index in [2.05, 4.69) is 15.0 Å². The maximum Gasteiger partial charge on any atom is 0.475 e. The topological polar surface area (TPSA) is 153 Å². The zero-order chi connectivity index (χ0) is 21.9. The summed E-state index contributed by atoms with van der Waals surface area (Å²) in [7, 11) is -4.11. The molecule has 12 nitrogen and oxygen atoms in total. The average molecular weight is 447 g/mol. The average Bonchev–Trinajstić information content (AvgIpc) is 3.13. The number of hydrogen-bond acceptors (Lipinski definition) is 11. The maximum atomic E-state index is 15.5. The largest absolute Gasteiger partial charge is 0.476 e. The number of halogens is 1. The van der Waals surface area contributed by atoms with Gasteiger partial charge in [-0.15, -0.1) is 0 Å². The van der Waals surface area contributed by atoms with E-state index in [-0.39, 0.29) is 23.0 Å². The van der Waals surface area contributed by atoms with Crippen LogP contribution in [-0.4, -0.2) is 61.5 Å². The molecule has 166 valence electrons. The van der Waals surface area contributed by atoms with Crippen LogP contribution in [0.2, 0.25) is 0 Å². The summed E-state index contributed by atoms with van der Waals surface area (Å²) in [6, 6.07) is 0. The van der Waals surface area contributed by atoms with E-state index in [1.54, 1.807) is 20.8 Å². The third kappa shape index (κ3) is 3.35. The van der Waals surface area contributed by atoms with Gasteiger partial charge in [0.1, 0.15) is 12.2 Å². The zero-order valence-corrected chi connectivity index (χ0v) is 17.7. The SMILES string of the molecule is CCOc1nc(N)nc2c1ncn2[C@@H]1O[C@]2(F)CO[P@@](=O)(OC(C)C)O[C@H]2[C@@]1(C)O. The molecule has 0 amide bonds. The molecule has 0 bridgehead atoms. The van der Waals surface area contributed by atoms with Gasteiger partial charge in [-0.2, -0.15) is 9.97 Å². The zero-order valence-electron chi connectivity index (χ0n) is 16.8. The third-order valence-corrected chi connectivity index (χ3v) is 6.26. The molecule has 0 unspecified atom stereocenters. The van der Waals surface area contributed by atoms with Crippen molar-refractivity contribution in [1.29, 1.82) is 0 Å². The lowest BCUT2D eigenvalue weighted by atomic mass is 9.95. The molecule has 2 aliphatic rings. The monoisotopic (exact) mass is 447 g/mol. The van der Waals surface area contributed by atoms with Crippen LogP contribution in [0.15, 0.2) is 6.33 Å². The highest BCUT2D eigenvalue weighted by Crippen LogP contribution is 2.62. The Morgan fingerprint density at radius 1 is 1.50 bits per heavy atom. The number of ether oxygens (including phenoxy) is 2. The number of nitrogen functional groups attached to an aromatic ring is 1. The lowest BCUT2D eigenvalue weighted by Gasteiger charge is -2.37. The van der Waals surface area contributed by atoms with Crippen LogP contribution in [0.25, 0.3) is 11.2 Å². The number of nitrogens with two attached hydrogens (primary N) is 1. The second-order valence-electron chi connectivity index (χ2n) is 7.49. The van der Waals surface area contributed by atoms with E-state index < -0.39 is 44.3 Å². The molecule has 14 heteroatoms. The smallest absolute Gasteiger partial charge is 0.475 e. The first kappa shape index (κ1) is 21.3. The second kappa shape index (κ2) is 7.08. The van der Waals surface area contributed by atoms with Crippen LogP contribution in [0.3, 0.4) is 0 Å². The molecule has 3 N–H and O–H groups in total. The van der Waals surface area contributed by atoms with Gasteiger partial charge in [0.15, 0.2) is 23.5 Å². The number of aliphatic hydroxyl groups is 1. The van der Waals surface area contributed by atoms with E-state index in [9.17, 15) is 9.67 Å². The Kier molecular flexibility index (Phi) is 5.03. The number of anilines is 1. The Labute approximate surface area is 171 Å². The molecule has 0 saturated carbocycles. The van der Waals surface area contributed by atoms with Crippen LogP contribution in [0.5, 0.6) is 5.88 Å². The van der Waals surface area contributed by atoms with E-state index in [1.165, 1.54) is 17.8 Å². The molecule has 30 heavy (non-hydrogen) atoms. The Morgan fingerprint density at radius 3 is 2.90 bits per heavy atom. The fourth-order valence-corrected chi connectivity index (χ4v) is 5.17. The Morgan fingerprint density at radius 2 is 2.23 bits per heavy atom. The van der Waals surface area contributed by atoms with Gasteiger partial charge in [0.05, 0.1) is 19.0 Å². The predicted molar refractivity (Wildman–Crippen MR) is 100 cm³/mol. The minimum Gasteiger partial charge on any atom is -0.476 e. The number of phosphoric acid groups is 1. The van der Waals surface area contributed by atoms with Crippen LogP contribution in [0, 0.1) is 0 Å². The second-order valence-corrected chi connectivity index (χ2v) is 9.06. The van der Waals surface area contributed by atoms with Crippen molar-refractivity contribution in [3.63, 3.8) is 0 Å². The maximum absolute atomic E-state index is 15.5. The number of phosphoric ester groups is 1. The van der Waals surface area contributed by atoms with Crippen molar-refractivity contribution in [3.8, 4) is 5.88 Å². The van der Waals surface area contributed by atoms with Crippen molar-refractivity contribution < 1.29 is 37.1 Å². The van der Waals surface area contributed by atoms with E-state index in [1.807, 2.05) is 0 Å². The molecule has 2 aromatic heterocycles. The minimum absolute atomic E-state index is 0.105. The van der Waals surface area contributed by atoms with Crippen molar-refractivity contribution in [2.24, 2.45) is 0 Å². The van der Waals surface area contributed by atoms with Gasteiger partial charge in [-0.3, -0.25) is 18.1 Å². The Balaban J connectivity index is 1.74. The van der Waals surface area contributed by atoms with Crippen LogP contribution in [0.1, 0.15) is 33.9 Å². The molecule has 2 aromatic rings. The fraction of sp³-hybridized carbons (Fsp3) is 0.688. The van der Waals surface area contributed by atoms with E-state index >= 15 is 4.39 Å². The number of nitrogens with zero attached hydrogens (tertiary/aromatic N) is 4. The predicted octanol–water partition coefficient (Wildman–Crippen LogP) is 1.70. The van der Waals surface area contributed by atoms with Crippen molar-refractivity contribution in [1.82, 2.24) is 19.5 Å². The molecule has 5 atom stereocenters. The van der Waals surface area contributed by atoms with Crippen LogP contribution in [0.4, 0.5) is 10.3 Å². The Bertz CT molecular complexity index is 1020. The summed E-state index contributed by atoms with van der Waals surface area (Å²) in [5, 5.41) is 11.2. The molecule has 0 aliphatic carbocycles. The fourth-order valence-electron chi connectivity index (χ4n) is 3.52. The third-order valence-electron chi connectivity index (χ3n) is 4.66. The lowest BCUT2D eigenvalue weighted by Crippen LogP contribution is -2.52. The standard InChI is InChI=1S/C16H23FN5O7P/c1-5-25-11-9-10(20-14(18)21-11)22(7-19-9)13-15(4,23)12-16(17,27-13)6-26-30(24,29-12)28-8(2)3/h7-8,12-13,23H,5-6H2,1-4H3,(H2,18,20,21)/t12-,13+,15+,16+,30-/m0/s1. The normalized spacial score (nSPS) is 36.4. The van der Waals surface area contributed by atoms with E-state index in [0.717, 1.165) is 0 Å². The van der Waals surface area contributed by atoms with Crippen molar-refractivity contribution in [2.75, 3.05) is 18.9 Å². The molecule has 0 radical (unpaired) electrons. The summed E-state index contributed by atoms with van der Waals surface area (Å²) >= 11 is 0. The highest BCUT2D eigenvalue weighted by molar-refractivity contribution is 7.48. The first-order chi connectivity index (χ1) is 14.0. The molecule has 0 spiro atoms. The van der Waals surface area contributed by atoms with Gasteiger partial charge in [0.2, 0.25) is 11.8 Å². The molecule has 2 fully saturated rings. The molecule has 2 aliphatic heterocycles. The summed E-state index contributed by atoms with van der Waals surface area (Å²) in [5.74, 6) is -2.56. The first-order valence-electron chi connectivity index (χ1n) is 9.32. The first-order valence-corrected chi connectivity index (χ1v) is 10.8. The quantitative estimate of drug-likeness (QED) is 0.644. The molecule has 0 aromatic carbocycles. The van der Waals surface area contributed by atoms with Gasteiger partial charge in [-0.25, -0.2) is 13.9 Å². The van der Waals surface area contributed by atoms with Gasteiger partial charge < -0.3 is 20.3 Å².